The summed E-state index contributed by atoms with van der Waals surface area (Å²) in [5.74, 6) is -0.602. The van der Waals surface area contributed by atoms with Crippen molar-refractivity contribution < 1.29 is 24.0 Å². The van der Waals surface area contributed by atoms with Crippen LogP contribution in [0.4, 0.5) is 15.3 Å². The van der Waals surface area contributed by atoms with Gasteiger partial charge in [-0.15, -0.1) is 4.48 Å². The summed E-state index contributed by atoms with van der Waals surface area (Å²) in [6.07, 6.45) is -1.36. The van der Waals surface area contributed by atoms with Gasteiger partial charge in [0.15, 0.2) is 6.54 Å². The van der Waals surface area contributed by atoms with Crippen molar-refractivity contribution in [3.05, 3.63) is 28.2 Å². The Labute approximate surface area is 131 Å². The molecule has 0 spiro atoms. The van der Waals surface area contributed by atoms with Crippen molar-refractivity contribution in [2.75, 3.05) is 11.4 Å². The average Bonchev–Trinajstić information content (AvgIpc) is 2.60. The lowest BCUT2D eigenvalue weighted by Gasteiger charge is -2.27. The van der Waals surface area contributed by atoms with E-state index in [-0.39, 0.29) is 15.7 Å². The largest absolute Gasteiger partial charge is 0.523 e. The highest BCUT2D eigenvalue weighted by molar-refractivity contribution is 6.35. The summed E-state index contributed by atoms with van der Waals surface area (Å²) in [6.45, 7) is 2.72. The van der Waals surface area contributed by atoms with Crippen molar-refractivity contribution in [3.63, 3.8) is 0 Å². The first-order valence-corrected chi connectivity index (χ1v) is 6.90. The molecule has 0 bridgehead atoms. The Morgan fingerprint density at radius 3 is 2.14 bits per heavy atom. The molecule has 0 saturated carbocycles. The molecule has 1 unspecified atom stereocenters. The molecular weight excluding hydrogens is 319 g/mol. The predicted molar refractivity (Wildman–Crippen MR) is 77.6 cm³/mol. The number of imide groups is 2. The fourth-order valence-electron chi connectivity index (χ4n) is 2.33. The SMILES string of the molecule is CC(C)[N+]1(C(=O)O)CC(=O)N(c2cc(Cl)cc(Cl)c2)C1=O. The van der Waals surface area contributed by atoms with Gasteiger partial charge in [0.25, 0.3) is 5.91 Å². The maximum Gasteiger partial charge on any atom is 0.523 e. The summed E-state index contributed by atoms with van der Waals surface area (Å²) in [7, 11) is 0. The van der Waals surface area contributed by atoms with E-state index in [9.17, 15) is 19.5 Å². The van der Waals surface area contributed by atoms with Crippen molar-refractivity contribution in [1.29, 1.82) is 0 Å². The second-order valence-electron chi connectivity index (χ2n) is 5.04. The van der Waals surface area contributed by atoms with Gasteiger partial charge >= 0.3 is 12.1 Å². The molecule has 1 saturated heterocycles. The molecule has 21 heavy (non-hydrogen) atoms. The number of carbonyl (C=O) groups excluding carboxylic acids is 2. The fraction of sp³-hybridized carbons (Fsp3) is 0.308. The number of amides is 4. The molecule has 1 aliphatic heterocycles. The van der Waals surface area contributed by atoms with Crippen LogP contribution in [-0.4, -0.2) is 40.2 Å². The van der Waals surface area contributed by atoms with Gasteiger partial charge in [0.05, 0.1) is 5.69 Å². The van der Waals surface area contributed by atoms with Crippen LogP contribution in [0.15, 0.2) is 18.2 Å². The van der Waals surface area contributed by atoms with Gasteiger partial charge in [0, 0.05) is 10.0 Å². The monoisotopic (exact) mass is 331 g/mol. The van der Waals surface area contributed by atoms with Gasteiger partial charge in [-0.05, 0) is 32.0 Å². The van der Waals surface area contributed by atoms with Crippen LogP contribution < -0.4 is 4.90 Å². The van der Waals surface area contributed by atoms with Gasteiger partial charge in [-0.25, -0.2) is 4.79 Å². The standard InChI is InChI=1S/C13H12Cl2N2O4/c1-7(2)17(13(20)21)6-11(18)16(12(17)19)10-4-8(14)3-9(15)5-10/h3-5,7H,6H2,1-2H3/p+1. The fourth-order valence-corrected chi connectivity index (χ4v) is 2.85. The lowest BCUT2D eigenvalue weighted by atomic mass is 10.3. The molecule has 1 aromatic rings. The summed E-state index contributed by atoms with van der Waals surface area (Å²) in [4.78, 5) is 37.1. The number of hydrogen-bond donors (Lipinski definition) is 1. The first-order chi connectivity index (χ1) is 9.70. The molecule has 4 amide bonds. The van der Waals surface area contributed by atoms with Crippen LogP contribution in [0.1, 0.15) is 13.8 Å². The first-order valence-electron chi connectivity index (χ1n) is 6.15. The molecule has 0 aromatic heterocycles. The zero-order valence-electron chi connectivity index (χ0n) is 11.3. The molecule has 1 fully saturated rings. The maximum atomic E-state index is 12.6. The minimum Gasteiger partial charge on any atom is -0.435 e. The van der Waals surface area contributed by atoms with Crippen molar-refractivity contribution in [1.82, 2.24) is 0 Å². The number of carboxylic acid groups (broad SMARTS) is 1. The highest BCUT2D eigenvalue weighted by Gasteiger charge is 2.60. The molecule has 112 valence electrons. The average molecular weight is 332 g/mol. The summed E-state index contributed by atoms with van der Waals surface area (Å²) >= 11 is 11.7. The Morgan fingerprint density at radius 1 is 1.24 bits per heavy atom. The molecule has 8 heteroatoms. The Balaban J connectivity index is 2.55. The summed E-state index contributed by atoms with van der Waals surface area (Å²) < 4.78 is -0.969. The van der Waals surface area contributed by atoms with Gasteiger partial charge in [-0.2, -0.15) is 9.69 Å². The molecule has 1 aromatic carbocycles. The van der Waals surface area contributed by atoms with E-state index in [0.717, 1.165) is 4.90 Å². The van der Waals surface area contributed by atoms with Crippen LogP contribution in [0.5, 0.6) is 0 Å². The molecule has 1 atom stereocenters. The van der Waals surface area contributed by atoms with Gasteiger partial charge in [-0.1, -0.05) is 23.2 Å². The van der Waals surface area contributed by atoms with Crippen LogP contribution in [0.3, 0.4) is 0 Å². The molecule has 1 N–H and O–H groups in total. The summed E-state index contributed by atoms with van der Waals surface area (Å²) in [6, 6.07) is 2.84. The van der Waals surface area contributed by atoms with E-state index < -0.39 is 35.1 Å². The third-order valence-corrected chi connectivity index (χ3v) is 3.93. The number of quaternary nitrogens is 1. The zero-order chi connectivity index (χ0) is 15.9. The van der Waals surface area contributed by atoms with Crippen LogP contribution in [-0.2, 0) is 4.79 Å². The quantitative estimate of drug-likeness (QED) is 0.666. The van der Waals surface area contributed by atoms with Crippen LogP contribution in [0.2, 0.25) is 10.0 Å². The van der Waals surface area contributed by atoms with E-state index in [0.29, 0.717) is 0 Å². The minimum absolute atomic E-state index is 0.171. The highest BCUT2D eigenvalue weighted by atomic mass is 35.5. The predicted octanol–water partition coefficient (Wildman–Crippen LogP) is 3.36. The molecule has 1 aliphatic rings. The van der Waals surface area contributed by atoms with Crippen molar-refractivity contribution >= 4 is 46.9 Å². The minimum atomic E-state index is -1.36. The Hall–Kier alpha value is -1.63. The van der Waals surface area contributed by atoms with E-state index in [1.54, 1.807) is 13.8 Å². The molecule has 0 radical (unpaired) electrons. The van der Waals surface area contributed by atoms with Gasteiger partial charge < -0.3 is 5.11 Å². The number of nitrogens with zero attached hydrogens (tertiary/aromatic N) is 2. The van der Waals surface area contributed by atoms with Crippen molar-refractivity contribution in [2.45, 2.75) is 19.9 Å². The van der Waals surface area contributed by atoms with Crippen LogP contribution in [0, 0.1) is 0 Å². The Bertz CT molecular complexity index is 627. The number of rotatable bonds is 2. The van der Waals surface area contributed by atoms with Gasteiger partial charge in [0.2, 0.25) is 0 Å². The molecule has 0 aliphatic carbocycles. The second kappa shape index (κ2) is 5.29. The zero-order valence-corrected chi connectivity index (χ0v) is 12.9. The normalized spacial score (nSPS) is 22.2. The lowest BCUT2D eigenvalue weighted by molar-refractivity contribution is -0.784. The second-order valence-corrected chi connectivity index (χ2v) is 5.92. The number of halogens is 2. The third-order valence-electron chi connectivity index (χ3n) is 3.50. The lowest BCUT2D eigenvalue weighted by Crippen LogP contribution is -2.59. The third kappa shape index (κ3) is 2.39. The van der Waals surface area contributed by atoms with Crippen molar-refractivity contribution in [3.8, 4) is 0 Å². The molecular formula is C13H13Cl2N2O4+. The van der Waals surface area contributed by atoms with Crippen molar-refractivity contribution in [2.24, 2.45) is 0 Å². The number of hydrogen-bond acceptors (Lipinski definition) is 3. The van der Waals surface area contributed by atoms with Crippen LogP contribution >= 0.6 is 23.2 Å². The number of carbonyl (C=O) groups is 3. The van der Waals surface area contributed by atoms with E-state index in [1.165, 1.54) is 18.2 Å². The highest BCUT2D eigenvalue weighted by Crippen LogP contribution is 2.33. The van der Waals surface area contributed by atoms with Crippen LogP contribution in [0.25, 0.3) is 0 Å². The van der Waals surface area contributed by atoms with Gasteiger partial charge in [-0.3, -0.25) is 4.79 Å². The molecule has 6 nitrogen and oxygen atoms in total. The summed E-state index contributed by atoms with van der Waals surface area (Å²) in [5, 5.41) is 9.92. The maximum absolute atomic E-state index is 12.6. The molecule has 2 rings (SSSR count). The van der Waals surface area contributed by atoms with E-state index in [1.807, 2.05) is 0 Å². The van der Waals surface area contributed by atoms with E-state index >= 15 is 0 Å². The Morgan fingerprint density at radius 2 is 1.76 bits per heavy atom. The van der Waals surface area contributed by atoms with E-state index in [4.69, 9.17) is 23.2 Å². The summed E-state index contributed by atoms with van der Waals surface area (Å²) in [5.41, 5.74) is 0.171. The number of anilines is 1. The topological polar surface area (TPSA) is 74.7 Å². The first kappa shape index (κ1) is 15.8. The smallest absolute Gasteiger partial charge is 0.435 e. The molecule has 1 heterocycles. The van der Waals surface area contributed by atoms with E-state index in [2.05, 4.69) is 0 Å². The van der Waals surface area contributed by atoms with Gasteiger partial charge in [0.1, 0.15) is 6.04 Å². The number of benzene rings is 1. The Kier molecular flexibility index (Phi) is 3.97. The number of urea groups is 1.